The number of carbonyl (C=O) groups excluding carboxylic acids is 2. The van der Waals surface area contributed by atoms with Crippen molar-refractivity contribution in [1.29, 1.82) is 0 Å². The molecule has 0 fully saturated rings. The Labute approximate surface area is 214 Å². The third-order valence-electron chi connectivity index (χ3n) is 5.95. The molecule has 0 spiro atoms. The molecule has 4 aromatic rings. The zero-order chi connectivity index (χ0) is 26.4. The number of rotatable bonds is 10. The molecule has 0 saturated carbocycles. The summed E-state index contributed by atoms with van der Waals surface area (Å²) >= 11 is 0. The summed E-state index contributed by atoms with van der Waals surface area (Å²) in [6.45, 7) is 5.22. The number of likely N-dealkylation sites (N-methyl/N-ethyl adjacent to an activating group) is 1. The Morgan fingerprint density at radius 1 is 1.11 bits per heavy atom. The van der Waals surface area contributed by atoms with Gasteiger partial charge >= 0.3 is 0 Å². The smallest absolute Gasteiger partial charge is 0.251 e. The van der Waals surface area contributed by atoms with Gasteiger partial charge in [0.2, 0.25) is 5.91 Å². The lowest BCUT2D eigenvalue weighted by molar-refractivity contribution is -0.121. The number of fused-ring (bicyclic) bond motifs is 1. The van der Waals surface area contributed by atoms with Gasteiger partial charge in [0, 0.05) is 54.8 Å². The topological polar surface area (TPSA) is 136 Å². The largest absolute Gasteiger partial charge is 0.496 e. The summed E-state index contributed by atoms with van der Waals surface area (Å²) < 4.78 is 7.11. The normalized spacial score (nSPS) is 11.7. The van der Waals surface area contributed by atoms with Crippen LogP contribution < -0.4 is 20.7 Å². The van der Waals surface area contributed by atoms with Crippen molar-refractivity contribution in [1.82, 2.24) is 35.4 Å². The Bertz CT molecular complexity index is 1420. The summed E-state index contributed by atoms with van der Waals surface area (Å²) in [5.74, 6) is 1.14. The van der Waals surface area contributed by atoms with Crippen molar-refractivity contribution in [3.05, 3.63) is 60.2 Å². The second-order valence-corrected chi connectivity index (χ2v) is 8.50. The first-order valence-electron chi connectivity index (χ1n) is 12.0. The minimum Gasteiger partial charge on any atom is -0.496 e. The zero-order valence-corrected chi connectivity index (χ0v) is 21.3. The van der Waals surface area contributed by atoms with E-state index in [1.54, 1.807) is 43.4 Å². The van der Waals surface area contributed by atoms with Gasteiger partial charge in [-0.05, 0) is 30.7 Å². The number of carbonyl (C=O) groups is 2. The number of anilines is 1. The molecular formula is C26H30N8O3. The van der Waals surface area contributed by atoms with Gasteiger partial charge < -0.3 is 20.7 Å². The first-order chi connectivity index (χ1) is 17.9. The number of nitrogens with zero attached hydrogens (tertiary/aromatic N) is 5. The summed E-state index contributed by atoms with van der Waals surface area (Å²) in [5, 5.41) is 13.9. The van der Waals surface area contributed by atoms with Crippen molar-refractivity contribution < 1.29 is 14.3 Å². The lowest BCUT2D eigenvalue weighted by atomic mass is 9.98. The number of methoxy groups -OCH3 is 1. The van der Waals surface area contributed by atoms with Crippen molar-refractivity contribution in [3.63, 3.8) is 0 Å². The Hall–Kier alpha value is -4.54. The lowest BCUT2D eigenvalue weighted by Gasteiger charge is -2.17. The van der Waals surface area contributed by atoms with E-state index in [2.05, 4.69) is 42.9 Å². The lowest BCUT2D eigenvalue weighted by Crippen LogP contribution is -2.27. The third-order valence-corrected chi connectivity index (χ3v) is 5.95. The van der Waals surface area contributed by atoms with E-state index in [-0.39, 0.29) is 24.3 Å². The van der Waals surface area contributed by atoms with Gasteiger partial charge in [0.1, 0.15) is 24.4 Å². The Balaban J connectivity index is 1.47. The maximum atomic E-state index is 11.9. The molecule has 3 aromatic heterocycles. The minimum atomic E-state index is -0.161. The average molecular weight is 503 g/mol. The predicted molar refractivity (Wildman–Crippen MR) is 141 cm³/mol. The molecule has 2 amide bonds. The van der Waals surface area contributed by atoms with E-state index in [0.717, 1.165) is 16.5 Å². The highest BCUT2D eigenvalue weighted by molar-refractivity contribution is 5.94. The second kappa shape index (κ2) is 11.5. The van der Waals surface area contributed by atoms with Crippen LogP contribution in [0.25, 0.3) is 22.3 Å². The number of pyridine rings is 1. The maximum absolute atomic E-state index is 11.9. The maximum Gasteiger partial charge on any atom is 0.251 e. The van der Waals surface area contributed by atoms with Gasteiger partial charge in [-0.1, -0.05) is 13.0 Å². The van der Waals surface area contributed by atoms with Crippen LogP contribution in [0.2, 0.25) is 0 Å². The average Bonchev–Trinajstić information content (AvgIpc) is 3.32. The van der Waals surface area contributed by atoms with Gasteiger partial charge in [-0.25, -0.2) is 19.6 Å². The molecule has 1 unspecified atom stereocenters. The number of nitrogens with one attached hydrogen (secondary N) is 3. The number of hydrogen-bond acceptors (Lipinski definition) is 8. The molecule has 0 radical (unpaired) electrons. The second-order valence-electron chi connectivity index (χ2n) is 8.50. The van der Waals surface area contributed by atoms with Crippen LogP contribution in [0, 0.1) is 0 Å². The van der Waals surface area contributed by atoms with Crippen LogP contribution in [0.4, 0.5) is 5.82 Å². The van der Waals surface area contributed by atoms with Crippen LogP contribution in [0.1, 0.15) is 35.7 Å². The third kappa shape index (κ3) is 5.83. The van der Waals surface area contributed by atoms with E-state index in [1.807, 2.05) is 25.1 Å². The van der Waals surface area contributed by atoms with Crippen molar-refractivity contribution >= 4 is 28.7 Å². The fourth-order valence-electron chi connectivity index (χ4n) is 4.00. The highest BCUT2D eigenvalue weighted by Crippen LogP contribution is 2.28. The fraction of sp³-hybridized carbons (Fsp3) is 0.308. The van der Waals surface area contributed by atoms with Crippen molar-refractivity contribution in [3.8, 4) is 17.0 Å². The molecule has 11 nitrogen and oxygen atoms in total. The van der Waals surface area contributed by atoms with E-state index < -0.39 is 0 Å². The van der Waals surface area contributed by atoms with Crippen LogP contribution in [0.15, 0.2) is 49.1 Å². The van der Waals surface area contributed by atoms with Gasteiger partial charge in [-0.2, -0.15) is 5.10 Å². The summed E-state index contributed by atoms with van der Waals surface area (Å²) in [7, 11) is 3.19. The molecule has 0 bridgehead atoms. The van der Waals surface area contributed by atoms with E-state index in [0.29, 0.717) is 41.6 Å². The summed E-state index contributed by atoms with van der Waals surface area (Å²) in [5.41, 5.74) is 3.69. The van der Waals surface area contributed by atoms with Crippen LogP contribution >= 0.6 is 0 Å². The first-order valence-corrected chi connectivity index (χ1v) is 12.0. The molecule has 192 valence electrons. The van der Waals surface area contributed by atoms with Gasteiger partial charge in [0.05, 0.1) is 19.0 Å². The number of aromatic nitrogens is 5. The summed E-state index contributed by atoms with van der Waals surface area (Å²) in [4.78, 5) is 37.1. The highest BCUT2D eigenvalue weighted by atomic mass is 16.5. The molecule has 11 heteroatoms. The molecular weight excluding hydrogens is 472 g/mol. The Kier molecular flexibility index (Phi) is 7.92. The van der Waals surface area contributed by atoms with Gasteiger partial charge in [-0.3, -0.25) is 9.59 Å². The molecule has 0 aliphatic heterocycles. The molecule has 1 atom stereocenters. The van der Waals surface area contributed by atoms with E-state index in [9.17, 15) is 9.59 Å². The van der Waals surface area contributed by atoms with Crippen molar-refractivity contribution in [2.24, 2.45) is 0 Å². The molecule has 0 aliphatic rings. The zero-order valence-electron chi connectivity index (χ0n) is 21.3. The first kappa shape index (κ1) is 25.5. The van der Waals surface area contributed by atoms with Crippen LogP contribution in [0.3, 0.4) is 0 Å². The number of benzene rings is 1. The standard InChI is InChI=1S/C26H30N8O3/c1-5-28-24(35)14-34-25-19(13-33-34)8-18(12-30-25)21-10-23(32-15-31-21)29-11-16(2)20-7-6-17(26(36)27-3)9-22(20)37-4/h6-10,12-13,15-16H,5,11,14H2,1-4H3,(H,27,36)(H,28,35)(H,29,31,32). The minimum absolute atomic E-state index is 0.0841. The van der Waals surface area contributed by atoms with Gasteiger partial charge in [0.15, 0.2) is 5.65 Å². The molecule has 4 rings (SSSR count). The predicted octanol–water partition coefficient (Wildman–Crippen LogP) is 2.61. The Morgan fingerprint density at radius 3 is 2.70 bits per heavy atom. The van der Waals surface area contributed by atoms with Gasteiger partial charge in [0.25, 0.3) is 5.91 Å². The van der Waals surface area contributed by atoms with E-state index in [1.165, 1.54) is 6.33 Å². The molecule has 3 heterocycles. The van der Waals surface area contributed by atoms with E-state index >= 15 is 0 Å². The van der Waals surface area contributed by atoms with Crippen LogP contribution in [-0.4, -0.2) is 63.8 Å². The highest BCUT2D eigenvalue weighted by Gasteiger charge is 2.15. The monoisotopic (exact) mass is 502 g/mol. The van der Waals surface area contributed by atoms with Gasteiger partial charge in [-0.15, -0.1) is 0 Å². The molecule has 0 saturated heterocycles. The van der Waals surface area contributed by atoms with Crippen molar-refractivity contribution in [2.45, 2.75) is 26.3 Å². The summed E-state index contributed by atoms with van der Waals surface area (Å²) in [6, 6.07) is 9.25. The number of hydrogen-bond donors (Lipinski definition) is 3. The molecule has 3 N–H and O–H groups in total. The fourth-order valence-corrected chi connectivity index (χ4v) is 4.00. The molecule has 37 heavy (non-hydrogen) atoms. The SMILES string of the molecule is CCNC(=O)Cn1ncc2cc(-c3cc(NCC(C)c4ccc(C(=O)NC)cc4OC)ncn3)cnc21. The van der Waals surface area contributed by atoms with Crippen LogP contribution in [-0.2, 0) is 11.3 Å². The number of amides is 2. The van der Waals surface area contributed by atoms with Crippen LogP contribution in [0.5, 0.6) is 5.75 Å². The molecule has 1 aromatic carbocycles. The van der Waals surface area contributed by atoms with Crippen molar-refractivity contribution in [2.75, 3.05) is 32.6 Å². The van der Waals surface area contributed by atoms with E-state index in [4.69, 9.17) is 4.74 Å². The number of ether oxygens (including phenoxy) is 1. The quantitative estimate of drug-likeness (QED) is 0.301. The Morgan fingerprint density at radius 2 is 1.95 bits per heavy atom. The molecule has 0 aliphatic carbocycles. The summed E-state index contributed by atoms with van der Waals surface area (Å²) in [6.07, 6.45) is 4.91.